The molecule has 0 unspecified atom stereocenters. The van der Waals surface area contributed by atoms with E-state index in [1.54, 1.807) is 12.5 Å². The van der Waals surface area contributed by atoms with Gasteiger partial charge in [0.05, 0.1) is 18.4 Å². The van der Waals surface area contributed by atoms with Gasteiger partial charge in [0.2, 0.25) is 0 Å². The first-order chi connectivity index (χ1) is 6.83. The molecule has 1 N–H and O–H groups in total. The van der Waals surface area contributed by atoms with E-state index < -0.39 is 0 Å². The van der Waals surface area contributed by atoms with E-state index in [-0.39, 0.29) is 0 Å². The molecular formula is C10H10N4. The third-order valence-corrected chi connectivity index (χ3v) is 2.00. The summed E-state index contributed by atoms with van der Waals surface area (Å²) in [7, 11) is 1.94. The van der Waals surface area contributed by atoms with Crippen LogP contribution in [0.5, 0.6) is 0 Å². The van der Waals surface area contributed by atoms with Crippen LogP contribution in [0.2, 0.25) is 0 Å². The van der Waals surface area contributed by atoms with Crippen LogP contribution in [0.3, 0.4) is 0 Å². The van der Waals surface area contributed by atoms with Crippen LogP contribution >= 0.6 is 0 Å². The Morgan fingerprint density at radius 3 is 3.21 bits per heavy atom. The highest BCUT2D eigenvalue weighted by atomic mass is 15.1. The fourth-order valence-corrected chi connectivity index (χ4v) is 1.33. The smallest absolute Gasteiger partial charge is 0.154 e. The molecule has 0 aromatic carbocycles. The van der Waals surface area contributed by atoms with Gasteiger partial charge in [-0.3, -0.25) is 0 Å². The van der Waals surface area contributed by atoms with Crippen molar-refractivity contribution >= 4 is 16.9 Å². The van der Waals surface area contributed by atoms with Crippen LogP contribution in [-0.2, 0) is 7.05 Å². The molecule has 0 spiro atoms. The number of hydrogen-bond acceptors (Lipinski definition) is 3. The van der Waals surface area contributed by atoms with E-state index in [1.807, 2.05) is 17.7 Å². The van der Waals surface area contributed by atoms with Crippen molar-refractivity contribution < 1.29 is 0 Å². The molecule has 0 aliphatic carbocycles. The average Bonchev–Trinajstić information content (AvgIpc) is 2.58. The highest BCUT2D eigenvalue weighted by Crippen LogP contribution is 2.17. The second-order valence-corrected chi connectivity index (χ2v) is 2.94. The van der Waals surface area contributed by atoms with Crippen LogP contribution in [0.1, 0.15) is 0 Å². The van der Waals surface area contributed by atoms with Crippen LogP contribution in [0, 0.1) is 12.3 Å². The molecule has 2 rings (SSSR count). The lowest BCUT2D eigenvalue weighted by atomic mass is 10.4. The first-order valence-corrected chi connectivity index (χ1v) is 4.26. The van der Waals surface area contributed by atoms with Gasteiger partial charge < -0.3 is 9.88 Å². The van der Waals surface area contributed by atoms with Crippen molar-refractivity contribution in [3.8, 4) is 12.3 Å². The van der Waals surface area contributed by atoms with Gasteiger partial charge in [-0.05, 0) is 6.07 Å². The molecule has 2 aromatic heterocycles. The maximum atomic E-state index is 5.16. The molecule has 0 aliphatic heterocycles. The largest absolute Gasteiger partial charge is 0.357 e. The number of aryl methyl sites for hydroxylation is 1. The molecule has 0 bridgehead atoms. The minimum absolute atomic E-state index is 0.461. The molecule has 2 aromatic rings. The van der Waals surface area contributed by atoms with Crippen molar-refractivity contribution in [1.82, 2.24) is 14.5 Å². The van der Waals surface area contributed by atoms with E-state index in [4.69, 9.17) is 6.42 Å². The van der Waals surface area contributed by atoms with Gasteiger partial charge in [0, 0.05) is 13.2 Å². The van der Waals surface area contributed by atoms with Gasteiger partial charge in [0.15, 0.2) is 5.82 Å². The summed E-state index contributed by atoms with van der Waals surface area (Å²) in [5.74, 6) is 3.24. The van der Waals surface area contributed by atoms with Gasteiger partial charge in [-0.1, -0.05) is 5.92 Å². The molecule has 0 aliphatic rings. The number of fused-ring (bicyclic) bond motifs is 1. The van der Waals surface area contributed by atoms with E-state index in [0.29, 0.717) is 6.54 Å². The van der Waals surface area contributed by atoms with E-state index in [1.165, 1.54) is 0 Å². The molecule has 0 radical (unpaired) electrons. The Morgan fingerprint density at radius 2 is 2.43 bits per heavy atom. The lowest BCUT2D eigenvalue weighted by Crippen LogP contribution is -2.01. The van der Waals surface area contributed by atoms with Gasteiger partial charge >= 0.3 is 0 Å². The Hall–Kier alpha value is -2.02. The zero-order chi connectivity index (χ0) is 9.97. The van der Waals surface area contributed by atoms with Crippen molar-refractivity contribution in [2.45, 2.75) is 0 Å². The third-order valence-electron chi connectivity index (χ3n) is 2.00. The summed E-state index contributed by atoms with van der Waals surface area (Å²) in [5, 5.41) is 3.03. The maximum Gasteiger partial charge on any atom is 0.154 e. The van der Waals surface area contributed by atoms with Gasteiger partial charge in [0.1, 0.15) is 5.52 Å². The number of pyridine rings is 1. The fourth-order valence-electron chi connectivity index (χ4n) is 1.33. The Kier molecular flexibility index (Phi) is 2.07. The van der Waals surface area contributed by atoms with E-state index in [9.17, 15) is 0 Å². The Labute approximate surface area is 82.0 Å². The Morgan fingerprint density at radius 1 is 1.57 bits per heavy atom. The van der Waals surface area contributed by atoms with Crippen LogP contribution < -0.4 is 5.32 Å². The fraction of sp³-hybridized carbons (Fsp3) is 0.200. The molecule has 4 heteroatoms. The first kappa shape index (κ1) is 8.57. The Bertz CT molecular complexity index is 492. The minimum Gasteiger partial charge on any atom is -0.357 e. The molecule has 2 heterocycles. The molecular weight excluding hydrogens is 176 g/mol. The molecule has 0 fully saturated rings. The Balaban J connectivity index is 2.50. The molecule has 0 atom stereocenters. The van der Waals surface area contributed by atoms with Crippen LogP contribution in [0.25, 0.3) is 11.0 Å². The zero-order valence-corrected chi connectivity index (χ0v) is 7.86. The van der Waals surface area contributed by atoms with Crippen molar-refractivity contribution in [2.24, 2.45) is 7.05 Å². The van der Waals surface area contributed by atoms with E-state index in [0.717, 1.165) is 16.9 Å². The second kappa shape index (κ2) is 3.38. The summed E-state index contributed by atoms with van der Waals surface area (Å²) < 4.78 is 1.94. The van der Waals surface area contributed by atoms with Crippen molar-refractivity contribution in [3.63, 3.8) is 0 Å². The monoisotopic (exact) mass is 186 g/mol. The molecule has 70 valence electrons. The number of rotatable bonds is 2. The van der Waals surface area contributed by atoms with Crippen LogP contribution in [-0.4, -0.2) is 21.1 Å². The second-order valence-electron chi connectivity index (χ2n) is 2.94. The number of hydrogen-bond donors (Lipinski definition) is 1. The third kappa shape index (κ3) is 1.29. The number of imidazole rings is 1. The van der Waals surface area contributed by atoms with Gasteiger partial charge in [0.25, 0.3) is 0 Å². The van der Waals surface area contributed by atoms with Crippen LogP contribution in [0.15, 0.2) is 18.6 Å². The number of anilines is 1. The van der Waals surface area contributed by atoms with Crippen molar-refractivity contribution in [3.05, 3.63) is 18.6 Å². The number of terminal acetylenes is 1. The number of nitrogens with one attached hydrogen (secondary N) is 1. The predicted octanol–water partition coefficient (Wildman–Crippen LogP) is 1.01. The molecule has 0 amide bonds. The maximum absolute atomic E-state index is 5.16. The summed E-state index contributed by atoms with van der Waals surface area (Å²) >= 11 is 0. The summed E-state index contributed by atoms with van der Waals surface area (Å²) in [6.45, 7) is 0.461. The SMILES string of the molecule is C#CCNc1nccc2c1ncn2C. The van der Waals surface area contributed by atoms with Crippen molar-refractivity contribution in [1.29, 1.82) is 0 Å². The zero-order valence-electron chi connectivity index (χ0n) is 7.86. The summed E-state index contributed by atoms with van der Waals surface area (Å²) in [6.07, 6.45) is 8.66. The van der Waals surface area contributed by atoms with Gasteiger partial charge in [-0.15, -0.1) is 6.42 Å². The van der Waals surface area contributed by atoms with Crippen molar-refractivity contribution in [2.75, 3.05) is 11.9 Å². The number of nitrogens with zero attached hydrogens (tertiary/aromatic N) is 3. The minimum atomic E-state index is 0.461. The summed E-state index contributed by atoms with van der Waals surface area (Å²) in [6, 6.07) is 1.92. The van der Waals surface area contributed by atoms with Gasteiger partial charge in [-0.2, -0.15) is 0 Å². The molecule has 4 nitrogen and oxygen atoms in total. The molecule has 14 heavy (non-hydrogen) atoms. The highest BCUT2D eigenvalue weighted by Gasteiger charge is 2.04. The van der Waals surface area contributed by atoms with Gasteiger partial charge in [-0.25, -0.2) is 9.97 Å². The molecule has 0 saturated carbocycles. The normalized spacial score (nSPS) is 10.0. The quantitative estimate of drug-likeness (QED) is 0.712. The number of aromatic nitrogens is 3. The topological polar surface area (TPSA) is 42.7 Å². The summed E-state index contributed by atoms with van der Waals surface area (Å²) in [4.78, 5) is 8.42. The van der Waals surface area contributed by atoms with Crippen LogP contribution in [0.4, 0.5) is 5.82 Å². The lowest BCUT2D eigenvalue weighted by molar-refractivity contribution is 0.947. The van der Waals surface area contributed by atoms with E-state index in [2.05, 4.69) is 21.2 Å². The predicted molar refractivity (Wildman–Crippen MR) is 55.8 cm³/mol. The summed E-state index contributed by atoms with van der Waals surface area (Å²) in [5.41, 5.74) is 1.89. The standard InChI is InChI=1S/C10H10N4/c1-3-5-11-10-9-8(4-6-12-10)14(2)7-13-9/h1,4,6-7H,5H2,2H3,(H,11,12). The first-order valence-electron chi connectivity index (χ1n) is 4.26. The highest BCUT2D eigenvalue weighted by molar-refractivity contribution is 5.85. The van der Waals surface area contributed by atoms with E-state index >= 15 is 0 Å². The molecule has 0 saturated heterocycles. The lowest BCUT2D eigenvalue weighted by Gasteiger charge is -2.01. The average molecular weight is 186 g/mol.